The van der Waals surface area contributed by atoms with Crippen molar-refractivity contribution in [2.45, 2.75) is 25.9 Å². The van der Waals surface area contributed by atoms with Gasteiger partial charge in [0, 0.05) is 24.7 Å². The predicted molar refractivity (Wildman–Crippen MR) is 74.9 cm³/mol. The first-order valence-corrected chi connectivity index (χ1v) is 6.85. The molecule has 2 rings (SSSR count). The van der Waals surface area contributed by atoms with Gasteiger partial charge in [0.15, 0.2) is 11.6 Å². The highest BCUT2D eigenvalue weighted by Crippen LogP contribution is 2.21. The lowest BCUT2D eigenvalue weighted by molar-refractivity contribution is 0.174. The number of hydrogen-bond acceptors (Lipinski definition) is 3. The zero-order valence-electron chi connectivity index (χ0n) is 11.9. The topological polar surface area (TPSA) is 24.5 Å². The van der Waals surface area contributed by atoms with Gasteiger partial charge >= 0.3 is 0 Å². The first kappa shape index (κ1) is 14.3. The molecule has 1 aromatic rings. The first-order valence-electron chi connectivity index (χ1n) is 6.85. The monoisotopic (exact) mass is 266 g/mol. The summed E-state index contributed by atoms with van der Waals surface area (Å²) in [6.45, 7) is 5.00. The number of benzene rings is 1. The molecule has 0 aliphatic carbocycles. The quantitative estimate of drug-likeness (QED) is 0.904. The van der Waals surface area contributed by atoms with Crippen LogP contribution in [-0.4, -0.2) is 38.2 Å². The fourth-order valence-corrected chi connectivity index (χ4v) is 2.75. The zero-order chi connectivity index (χ0) is 13.8. The van der Waals surface area contributed by atoms with Crippen LogP contribution in [0.3, 0.4) is 0 Å². The highest BCUT2D eigenvalue weighted by molar-refractivity contribution is 5.30. The Morgan fingerprint density at radius 2 is 2.26 bits per heavy atom. The Morgan fingerprint density at radius 1 is 1.47 bits per heavy atom. The Morgan fingerprint density at radius 3 is 2.95 bits per heavy atom. The molecule has 2 atom stereocenters. The van der Waals surface area contributed by atoms with Crippen LogP contribution < -0.4 is 10.1 Å². The molecule has 0 aromatic heterocycles. The van der Waals surface area contributed by atoms with Gasteiger partial charge in [-0.1, -0.05) is 19.1 Å². The van der Waals surface area contributed by atoms with Crippen LogP contribution in [-0.2, 0) is 6.54 Å². The largest absolute Gasteiger partial charge is 0.494 e. The van der Waals surface area contributed by atoms with Crippen molar-refractivity contribution >= 4 is 0 Å². The summed E-state index contributed by atoms with van der Waals surface area (Å²) >= 11 is 0. The Labute approximate surface area is 114 Å². The Kier molecular flexibility index (Phi) is 4.77. The molecule has 0 spiro atoms. The van der Waals surface area contributed by atoms with Crippen molar-refractivity contribution < 1.29 is 9.13 Å². The molecule has 4 heteroatoms. The summed E-state index contributed by atoms with van der Waals surface area (Å²) in [6.07, 6.45) is 1.11. The van der Waals surface area contributed by atoms with E-state index in [-0.39, 0.29) is 5.82 Å². The lowest BCUT2D eigenvalue weighted by Crippen LogP contribution is -2.46. The molecule has 1 N–H and O–H groups in total. The van der Waals surface area contributed by atoms with E-state index in [2.05, 4.69) is 24.2 Å². The van der Waals surface area contributed by atoms with Crippen LogP contribution in [0.15, 0.2) is 18.2 Å². The number of methoxy groups -OCH3 is 1. The second kappa shape index (κ2) is 6.35. The van der Waals surface area contributed by atoms with E-state index in [4.69, 9.17) is 4.74 Å². The molecule has 0 saturated carbocycles. The molecule has 1 saturated heterocycles. The molecular formula is C15H23FN2O. The van der Waals surface area contributed by atoms with Crippen molar-refractivity contribution in [1.29, 1.82) is 0 Å². The van der Waals surface area contributed by atoms with Crippen molar-refractivity contribution in [2.75, 3.05) is 27.2 Å². The van der Waals surface area contributed by atoms with Gasteiger partial charge in [-0.2, -0.15) is 0 Å². The maximum atomic E-state index is 14.0. The Bertz CT molecular complexity index is 425. The van der Waals surface area contributed by atoms with Crippen molar-refractivity contribution in [2.24, 2.45) is 5.92 Å². The standard InChI is InChI=1S/C15H23FN2O/c1-11-10-18(2)8-7-13(11)17-9-12-5-4-6-14(19-3)15(12)16/h4-6,11,13,17H,7-10H2,1-3H3. The van der Waals surface area contributed by atoms with Crippen LogP contribution in [0.1, 0.15) is 18.9 Å². The third-order valence-corrected chi connectivity index (χ3v) is 3.93. The number of piperidine rings is 1. The maximum Gasteiger partial charge on any atom is 0.169 e. The van der Waals surface area contributed by atoms with Gasteiger partial charge in [-0.3, -0.25) is 0 Å². The lowest BCUT2D eigenvalue weighted by atomic mass is 9.94. The number of likely N-dealkylation sites (tertiary alicyclic amines) is 1. The fourth-order valence-electron chi connectivity index (χ4n) is 2.75. The van der Waals surface area contributed by atoms with Gasteiger partial charge in [0.05, 0.1) is 7.11 Å². The summed E-state index contributed by atoms with van der Waals surface area (Å²) in [6, 6.07) is 5.75. The molecule has 1 heterocycles. The highest BCUT2D eigenvalue weighted by Gasteiger charge is 2.23. The minimum Gasteiger partial charge on any atom is -0.494 e. The Balaban J connectivity index is 1.95. The van der Waals surface area contributed by atoms with Crippen molar-refractivity contribution in [1.82, 2.24) is 10.2 Å². The van der Waals surface area contributed by atoms with E-state index < -0.39 is 0 Å². The second-order valence-corrected chi connectivity index (χ2v) is 5.45. The maximum absolute atomic E-state index is 14.0. The summed E-state index contributed by atoms with van der Waals surface area (Å²) in [5.74, 6) is 0.654. The van der Waals surface area contributed by atoms with E-state index in [9.17, 15) is 4.39 Å². The van der Waals surface area contributed by atoms with Crippen molar-refractivity contribution in [3.8, 4) is 5.75 Å². The molecule has 0 bridgehead atoms. The lowest BCUT2D eigenvalue weighted by Gasteiger charge is -2.35. The number of hydrogen-bond donors (Lipinski definition) is 1. The van der Waals surface area contributed by atoms with E-state index in [1.807, 2.05) is 12.1 Å². The molecule has 1 fully saturated rings. The van der Waals surface area contributed by atoms with E-state index >= 15 is 0 Å². The van der Waals surface area contributed by atoms with Crippen LogP contribution in [0, 0.1) is 11.7 Å². The third kappa shape index (κ3) is 3.45. The second-order valence-electron chi connectivity index (χ2n) is 5.45. The van der Waals surface area contributed by atoms with Gasteiger partial charge in [-0.05, 0) is 32.0 Å². The fraction of sp³-hybridized carbons (Fsp3) is 0.600. The van der Waals surface area contributed by atoms with E-state index in [0.717, 1.165) is 19.5 Å². The number of halogens is 1. The molecule has 0 radical (unpaired) electrons. The smallest absolute Gasteiger partial charge is 0.169 e. The van der Waals surface area contributed by atoms with Gasteiger partial charge in [0.2, 0.25) is 0 Å². The van der Waals surface area contributed by atoms with Crippen LogP contribution in [0.2, 0.25) is 0 Å². The molecular weight excluding hydrogens is 243 g/mol. The van der Waals surface area contributed by atoms with Gasteiger partial charge < -0.3 is 15.0 Å². The first-order chi connectivity index (χ1) is 9.11. The van der Waals surface area contributed by atoms with Crippen LogP contribution in [0.4, 0.5) is 4.39 Å². The summed E-state index contributed by atoms with van der Waals surface area (Å²) in [4.78, 5) is 2.34. The van der Waals surface area contributed by atoms with Crippen molar-refractivity contribution in [3.63, 3.8) is 0 Å². The number of ether oxygens (including phenoxy) is 1. The average Bonchev–Trinajstić information content (AvgIpc) is 2.39. The summed E-state index contributed by atoms with van der Waals surface area (Å²) < 4.78 is 19.0. The zero-order valence-corrected chi connectivity index (χ0v) is 11.9. The van der Waals surface area contributed by atoms with Crippen molar-refractivity contribution in [3.05, 3.63) is 29.6 Å². The SMILES string of the molecule is COc1cccc(CNC2CCN(C)CC2C)c1F. The third-order valence-electron chi connectivity index (χ3n) is 3.93. The molecule has 106 valence electrons. The van der Waals surface area contributed by atoms with Crippen LogP contribution >= 0.6 is 0 Å². The average molecular weight is 266 g/mol. The molecule has 19 heavy (non-hydrogen) atoms. The molecule has 1 aromatic carbocycles. The summed E-state index contributed by atoms with van der Waals surface area (Å²) in [7, 11) is 3.64. The normalized spacial score (nSPS) is 24.4. The number of nitrogens with one attached hydrogen (secondary N) is 1. The van der Waals surface area contributed by atoms with Gasteiger partial charge in [0.25, 0.3) is 0 Å². The van der Waals surface area contributed by atoms with E-state index in [0.29, 0.717) is 29.8 Å². The van der Waals surface area contributed by atoms with Gasteiger partial charge in [-0.25, -0.2) is 4.39 Å². The number of rotatable bonds is 4. The van der Waals surface area contributed by atoms with Crippen LogP contribution in [0.25, 0.3) is 0 Å². The molecule has 1 aliphatic rings. The molecule has 0 amide bonds. The summed E-state index contributed by atoms with van der Waals surface area (Å²) in [5.41, 5.74) is 0.672. The molecule has 2 unspecified atom stereocenters. The molecule has 3 nitrogen and oxygen atoms in total. The Hall–Kier alpha value is -1.13. The van der Waals surface area contributed by atoms with E-state index in [1.54, 1.807) is 6.07 Å². The minimum atomic E-state index is -0.252. The van der Waals surface area contributed by atoms with Crippen LogP contribution in [0.5, 0.6) is 5.75 Å². The van der Waals surface area contributed by atoms with Gasteiger partial charge in [0.1, 0.15) is 0 Å². The predicted octanol–water partition coefficient (Wildman–Crippen LogP) is 2.26. The van der Waals surface area contributed by atoms with Gasteiger partial charge in [-0.15, -0.1) is 0 Å². The minimum absolute atomic E-state index is 0.252. The molecule has 1 aliphatic heterocycles. The van der Waals surface area contributed by atoms with E-state index in [1.165, 1.54) is 7.11 Å². The summed E-state index contributed by atoms with van der Waals surface area (Å²) in [5, 5.41) is 3.48. The highest BCUT2D eigenvalue weighted by atomic mass is 19.1. The number of nitrogens with zero attached hydrogens (tertiary/aromatic N) is 1.